The van der Waals surface area contributed by atoms with Gasteiger partial charge in [-0.1, -0.05) is 42.5 Å². The molecule has 0 saturated carbocycles. The number of guanidine groups is 1. The lowest BCUT2D eigenvalue weighted by atomic mass is 9.83. The molecule has 4 rings (SSSR count). The summed E-state index contributed by atoms with van der Waals surface area (Å²) < 4.78 is 0. The van der Waals surface area contributed by atoms with Gasteiger partial charge in [0.15, 0.2) is 5.96 Å². The summed E-state index contributed by atoms with van der Waals surface area (Å²) in [7, 11) is 0. The molecule has 0 spiro atoms. The summed E-state index contributed by atoms with van der Waals surface area (Å²) in [5.74, 6) is 1.27. The minimum Gasteiger partial charge on any atom is -0.366 e. The van der Waals surface area contributed by atoms with Crippen LogP contribution in [0.25, 0.3) is 0 Å². The highest BCUT2D eigenvalue weighted by molar-refractivity contribution is 5.92. The fourth-order valence-electron chi connectivity index (χ4n) is 5.08. The lowest BCUT2D eigenvalue weighted by molar-refractivity contribution is 0.0372. The average molecular weight is 434 g/mol. The van der Waals surface area contributed by atoms with Crippen molar-refractivity contribution >= 4 is 11.9 Å². The Morgan fingerprint density at radius 1 is 1.06 bits per heavy atom. The second-order valence-corrected chi connectivity index (χ2v) is 8.89. The zero-order valence-electron chi connectivity index (χ0n) is 19.0. The number of hydrogen-bond acceptors (Lipinski definition) is 3. The number of likely N-dealkylation sites (tertiary alicyclic amines) is 2. The molecule has 0 aromatic heterocycles. The molecule has 2 heterocycles. The van der Waals surface area contributed by atoms with Gasteiger partial charge in [-0.15, -0.1) is 0 Å². The molecule has 2 fully saturated rings. The van der Waals surface area contributed by atoms with Crippen LogP contribution < -0.4 is 11.1 Å². The summed E-state index contributed by atoms with van der Waals surface area (Å²) in [4.78, 5) is 21.3. The van der Waals surface area contributed by atoms with Crippen molar-refractivity contribution in [2.75, 3.05) is 26.2 Å². The number of fused-ring (bicyclic) bond motifs is 1. The number of primary amides is 1. The number of nitrogens with two attached hydrogens (primary N) is 1. The van der Waals surface area contributed by atoms with Crippen LogP contribution in [0.15, 0.2) is 59.6 Å². The molecule has 170 valence electrons. The topological polar surface area (TPSA) is 74.0 Å². The van der Waals surface area contributed by atoms with Crippen molar-refractivity contribution in [2.45, 2.75) is 45.3 Å². The van der Waals surface area contributed by atoms with Crippen molar-refractivity contribution in [2.24, 2.45) is 16.6 Å². The van der Waals surface area contributed by atoms with Gasteiger partial charge in [0.25, 0.3) is 0 Å². The summed E-state index contributed by atoms with van der Waals surface area (Å²) in [6, 6.07) is 18.9. The normalized spacial score (nSPS) is 21.8. The molecule has 2 unspecified atom stereocenters. The number of hydrogen-bond donors (Lipinski definition) is 2. The van der Waals surface area contributed by atoms with Crippen molar-refractivity contribution in [3.63, 3.8) is 0 Å². The lowest BCUT2D eigenvalue weighted by Crippen LogP contribution is -2.56. The van der Waals surface area contributed by atoms with Crippen molar-refractivity contribution < 1.29 is 4.79 Å². The van der Waals surface area contributed by atoms with Crippen LogP contribution >= 0.6 is 0 Å². The Hall–Kier alpha value is -2.86. The van der Waals surface area contributed by atoms with E-state index in [2.05, 4.69) is 52.4 Å². The van der Waals surface area contributed by atoms with E-state index in [1.807, 2.05) is 12.1 Å². The highest BCUT2D eigenvalue weighted by Crippen LogP contribution is 2.31. The first-order valence-corrected chi connectivity index (χ1v) is 11.8. The Labute approximate surface area is 191 Å². The minimum atomic E-state index is -0.398. The molecule has 2 aliphatic rings. The second kappa shape index (κ2) is 10.6. The van der Waals surface area contributed by atoms with Gasteiger partial charge in [-0.25, -0.2) is 4.99 Å². The number of nitrogens with zero attached hydrogens (tertiary/aromatic N) is 3. The molecule has 2 aliphatic heterocycles. The number of amides is 1. The van der Waals surface area contributed by atoms with Gasteiger partial charge in [-0.3, -0.25) is 9.69 Å². The van der Waals surface area contributed by atoms with E-state index in [4.69, 9.17) is 10.7 Å². The van der Waals surface area contributed by atoms with Crippen molar-refractivity contribution in [1.29, 1.82) is 0 Å². The molecule has 2 saturated heterocycles. The first-order valence-electron chi connectivity index (χ1n) is 11.8. The van der Waals surface area contributed by atoms with Gasteiger partial charge in [-0.2, -0.15) is 0 Å². The van der Waals surface area contributed by atoms with E-state index < -0.39 is 5.91 Å². The summed E-state index contributed by atoms with van der Waals surface area (Å²) >= 11 is 0. The summed E-state index contributed by atoms with van der Waals surface area (Å²) in [6.07, 6.45) is 3.73. The molecule has 6 heteroatoms. The maximum absolute atomic E-state index is 11.3. The molecule has 2 aromatic rings. The van der Waals surface area contributed by atoms with Crippen molar-refractivity contribution in [3.05, 3.63) is 71.3 Å². The zero-order valence-corrected chi connectivity index (χ0v) is 19.0. The molecule has 32 heavy (non-hydrogen) atoms. The van der Waals surface area contributed by atoms with E-state index in [1.165, 1.54) is 31.4 Å². The highest BCUT2D eigenvalue weighted by Gasteiger charge is 2.36. The maximum Gasteiger partial charge on any atom is 0.248 e. The minimum absolute atomic E-state index is 0.398. The van der Waals surface area contributed by atoms with Gasteiger partial charge in [-0.05, 0) is 61.9 Å². The van der Waals surface area contributed by atoms with Crippen LogP contribution in [0.3, 0.4) is 0 Å². The van der Waals surface area contributed by atoms with Crippen LogP contribution in [0.2, 0.25) is 0 Å². The molecule has 0 aliphatic carbocycles. The Balaban J connectivity index is 1.40. The third kappa shape index (κ3) is 5.49. The Bertz CT molecular complexity index is 912. The summed E-state index contributed by atoms with van der Waals surface area (Å²) in [5, 5.41) is 3.49. The summed E-state index contributed by atoms with van der Waals surface area (Å²) in [5.41, 5.74) is 8.36. The molecule has 0 bridgehead atoms. The van der Waals surface area contributed by atoms with E-state index in [9.17, 15) is 4.79 Å². The third-order valence-electron chi connectivity index (χ3n) is 6.70. The predicted octanol–water partition coefficient (Wildman–Crippen LogP) is 3.24. The van der Waals surface area contributed by atoms with Gasteiger partial charge in [0.2, 0.25) is 5.91 Å². The maximum atomic E-state index is 11.3. The Morgan fingerprint density at radius 2 is 1.84 bits per heavy atom. The van der Waals surface area contributed by atoms with E-state index in [1.54, 1.807) is 12.1 Å². The van der Waals surface area contributed by atoms with Gasteiger partial charge in [0, 0.05) is 37.8 Å². The van der Waals surface area contributed by atoms with Crippen LogP contribution in [0.1, 0.15) is 47.7 Å². The number of benzene rings is 2. The van der Waals surface area contributed by atoms with Crippen LogP contribution in [-0.2, 0) is 13.1 Å². The Morgan fingerprint density at radius 3 is 2.56 bits per heavy atom. The predicted molar refractivity (Wildman–Crippen MR) is 129 cm³/mol. The molecule has 2 aromatic carbocycles. The molecular formula is C26H35N5O. The molecule has 6 nitrogen and oxygen atoms in total. The van der Waals surface area contributed by atoms with Gasteiger partial charge in [0.05, 0.1) is 6.54 Å². The van der Waals surface area contributed by atoms with Crippen LogP contribution in [0.5, 0.6) is 0 Å². The first-order chi connectivity index (χ1) is 15.6. The van der Waals surface area contributed by atoms with Gasteiger partial charge in [0.1, 0.15) is 0 Å². The number of nitrogens with one attached hydrogen (secondary N) is 1. The molecule has 3 N–H and O–H groups in total. The standard InChI is InChI=1S/C26H35N5O/c1-2-28-26(29-17-20-10-12-22(13-11-20)25(27)32)31-16-14-24-23(19-31)9-6-15-30(24)18-21-7-4-3-5-8-21/h3-5,7-8,10-13,23-24H,2,6,9,14-19H2,1H3,(H2,27,32)(H,28,29). The molecule has 1 amide bonds. The molecule has 2 atom stereocenters. The van der Waals surface area contributed by atoms with Gasteiger partial charge >= 0.3 is 0 Å². The fourth-order valence-corrected chi connectivity index (χ4v) is 5.08. The number of aliphatic imine (C=N–C) groups is 1. The smallest absolute Gasteiger partial charge is 0.248 e. The average Bonchev–Trinajstić information content (AvgIpc) is 2.82. The molecular weight excluding hydrogens is 398 g/mol. The lowest BCUT2D eigenvalue weighted by Gasteiger charge is -2.48. The zero-order chi connectivity index (χ0) is 22.3. The monoisotopic (exact) mass is 433 g/mol. The van der Waals surface area contributed by atoms with Crippen LogP contribution in [0, 0.1) is 5.92 Å². The van der Waals surface area contributed by atoms with Gasteiger partial charge < -0.3 is 16.0 Å². The number of carbonyl (C=O) groups excluding carboxylic acids is 1. The second-order valence-electron chi connectivity index (χ2n) is 8.89. The van der Waals surface area contributed by atoms with Crippen molar-refractivity contribution in [3.8, 4) is 0 Å². The SMILES string of the molecule is CCNC(=NCc1ccc(C(N)=O)cc1)N1CCC2C(CCCN2Cc2ccccc2)C1. The van der Waals surface area contributed by atoms with E-state index in [-0.39, 0.29) is 0 Å². The number of rotatable bonds is 6. The quantitative estimate of drug-likeness (QED) is 0.542. The number of piperidine rings is 2. The highest BCUT2D eigenvalue weighted by atomic mass is 16.1. The van der Waals surface area contributed by atoms with Crippen LogP contribution in [-0.4, -0.2) is 53.9 Å². The van der Waals surface area contributed by atoms with E-state index in [0.717, 1.165) is 37.7 Å². The number of carbonyl (C=O) groups is 1. The van der Waals surface area contributed by atoms with E-state index >= 15 is 0 Å². The van der Waals surface area contributed by atoms with Crippen molar-refractivity contribution in [1.82, 2.24) is 15.1 Å². The largest absolute Gasteiger partial charge is 0.366 e. The van der Waals surface area contributed by atoms with E-state index in [0.29, 0.717) is 24.1 Å². The molecule has 0 radical (unpaired) electrons. The first kappa shape index (κ1) is 22.3. The third-order valence-corrected chi connectivity index (χ3v) is 6.70. The fraction of sp³-hybridized carbons (Fsp3) is 0.462. The van der Waals surface area contributed by atoms with Crippen LogP contribution in [0.4, 0.5) is 0 Å². The Kier molecular flexibility index (Phi) is 7.43. The summed E-state index contributed by atoms with van der Waals surface area (Å²) in [6.45, 7) is 7.90.